The van der Waals surface area contributed by atoms with Crippen LogP contribution < -0.4 is 10.6 Å². The lowest BCUT2D eigenvalue weighted by atomic mass is 10.1. The summed E-state index contributed by atoms with van der Waals surface area (Å²) in [7, 11) is 0. The Morgan fingerprint density at radius 2 is 1.31 bits per heavy atom. The Kier molecular flexibility index (Phi) is 10.6. The first kappa shape index (κ1) is 34.3. The molecule has 10 nitrogen and oxygen atoms in total. The zero-order valence-electron chi connectivity index (χ0n) is 24.1. The second-order valence-corrected chi connectivity index (χ2v) is 12.4. The fraction of sp³-hybridized carbons (Fsp3) is 0.0625. The van der Waals surface area contributed by atoms with Gasteiger partial charge in [-0.15, -0.1) is 0 Å². The summed E-state index contributed by atoms with van der Waals surface area (Å²) in [4.78, 5) is 46.1. The highest BCUT2D eigenvalue weighted by molar-refractivity contribution is 7.13. The number of fused-ring (bicyclic) bond motifs is 2. The molecule has 16 heteroatoms. The lowest BCUT2D eigenvalue weighted by molar-refractivity contribution is -0.137. The van der Waals surface area contributed by atoms with Crippen molar-refractivity contribution < 1.29 is 38.2 Å². The lowest BCUT2D eigenvalue weighted by Crippen LogP contribution is -2.14. The highest BCUT2D eigenvalue weighted by Crippen LogP contribution is 2.30. The average Bonchev–Trinajstić information content (AvgIpc) is 3.67. The second-order valence-electron chi connectivity index (χ2n) is 9.96. The van der Waals surface area contributed by atoms with Crippen LogP contribution in [0, 0.1) is 11.6 Å². The number of halogens is 4. The van der Waals surface area contributed by atoms with Crippen LogP contribution in [0.5, 0.6) is 0 Å². The number of nitrogens with zero attached hydrogens (tertiary/aromatic N) is 2. The van der Waals surface area contributed by atoms with Crippen molar-refractivity contribution in [3.63, 3.8) is 0 Å². The van der Waals surface area contributed by atoms with Crippen LogP contribution in [-0.4, -0.2) is 42.7 Å². The summed E-state index contributed by atoms with van der Waals surface area (Å²) in [6, 6.07) is 18.6. The van der Waals surface area contributed by atoms with Gasteiger partial charge in [-0.25, -0.2) is 8.78 Å². The van der Waals surface area contributed by atoms with Crippen molar-refractivity contribution in [3.05, 3.63) is 117 Å². The van der Waals surface area contributed by atoms with E-state index in [0.29, 0.717) is 21.6 Å². The lowest BCUT2D eigenvalue weighted by Gasteiger charge is -2.09. The quantitative estimate of drug-likeness (QED) is 0.123. The molecular formula is C32H20Cl2F2N4O6S2. The third-order valence-corrected chi connectivity index (χ3v) is 8.88. The number of aromatic nitrogens is 2. The highest BCUT2D eigenvalue weighted by Gasteiger charge is 2.20. The minimum absolute atomic E-state index is 0.0361. The monoisotopic (exact) mass is 728 g/mol. The van der Waals surface area contributed by atoms with Crippen LogP contribution in [-0.2, 0) is 22.4 Å². The van der Waals surface area contributed by atoms with Crippen LogP contribution >= 0.6 is 46.3 Å². The highest BCUT2D eigenvalue weighted by atomic mass is 35.5. The van der Waals surface area contributed by atoms with Crippen LogP contribution in [0.15, 0.2) is 72.8 Å². The van der Waals surface area contributed by atoms with Gasteiger partial charge < -0.3 is 20.8 Å². The van der Waals surface area contributed by atoms with Crippen LogP contribution in [0.25, 0.3) is 20.2 Å². The molecule has 2 amide bonds. The van der Waals surface area contributed by atoms with Crippen molar-refractivity contribution in [2.75, 3.05) is 10.6 Å². The number of aliphatic carboxylic acids is 2. The van der Waals surface area contributed by atoms with Gasteiger partial charge in [-0.05, 0) is 71.1 Å². The Bertz CT molecular complexity index is 2230. The van der Waals surface area contributed by atoms with E-state index in [2.05, 4.69) is 19.4 Å². The van der Waals surface area contributed by atoms with Crippen LogP contribution in [0.4, 0.5) is 20.2 Å². The van der Waals surface area contributed by atoms with Crippen molar-refractivity contribution >= 4 is 102 Å². The number of anilines is 2. The van der Waals surface area contributed by atoms with E-state index in [9.17, 15) is 28.0 Å². The molecule has 2 aromatic heterocycles. The van der Waals surface area contributed by atoms with Crippen LogP contribution in [0.1, 0.15) is 32.1 Å². The zero-order valence-corrected chi connectivity index (χ0v) is 27.2. The predicted molar refractivity (Wildman–Crippen MR) is 181 cm³/mol. The van der Waals surface area contributed by atoms with E-state index >= 15 is 0 Å². The van der Waals surface area contributed by atoms with Gasteiger partial charge in [-0.2, -0.15) is 8.75 Å². The number of carbonyl (C=O) groups excluding carboxylic acids is 2. The number of carboxylic acids is 2. The Balaban J connectivity index is 0.000000188. The Labute approximate surface area is 287 Å². The molecule has 0 aliphatic rings. The van der Waals surface area contributed by atoms with Gasteiger partial charge in [0.2, 0.25) is 0 Å². The van der Waals surface area contributed by atoms with Gasteiger partial charge in [0.15, 0.2) is 5.69 Å². The van der Waals surface area contributed by atoms with Crippen molar-refractivity contribution in [1.29, 1.82) is 0 Å². The van der Waals surface area contributed by atoms with Crippen molar-refractivity contribution in [1.82, 2.24) is 8.75 Å². The topological polar surface area (TPSA) is 159 Å². The summed E-state index contributed by atoms with van der Waals surface area (Å²) in [6.07, 6.45) is -0.660. The molecule has 0 atom stereocenters. The molecule has 0 radical (unpaired) electrons. The Hall–Kier alpha value is -5.02. The van der Waals surface area contributed by atoms with Gasteiger partial charge in [0.05, 0.1) is 49.0 Å². The van der Waals surface area contributed by atoms with Gasteiger partial charge in [-0.3, -0.25) is 19.2 Å². The molecule has 0 saturated carbocycles. The first-order valence-electron chi connectivity index (χ1n) is 13.6. The largest absolute Gasteiger partial charge is 0.481 e. The molecule has 0 fully saturated rings. The molecule has 48 heavy (non-hydrogen) atoms. The Morgan fingerprint density at radius 1 is 0.688 bits per heavy atom. The van der Waals surface area contributed by atoms with Gasteiger partial charge in [0, 0.05) is 10.9 Å². The summed E-state index contributed by atoms with van der Waals surface area (Å²) in [5.74, 6) is -4.66. The molecule has 4 aromatic carbocycles. The van der Waals surface area contributed by atoms with E-state index in [4.69, 9.17) is 33.4 Å². The maximum absolute atomic E-state index is 14.0. The summed E-state index contributed by atoms with van der Waals surface area (Å²) < 4.78 is 37.4. The number of hydrogen-bond donors (Lipinski definition) is 4. The molecular weight excluding hydrogens is 709 g/mol. The van der Waals surface area contributed by atoms with Gasteiger partial charge in [-0.1, -0.05) is 53.5 Å². The molecule has 6 rings (SSSR count). The molecule has 6 aromatic rings. The number of amides is 2. The fourth-order valence-corrected chi connectivity index (χ4v) is 6.49. The maximum Gasteiger partial charge on any atom is 0.307 e. The number of rotatable bonds is 8. The molecule has 0 spiro atoms. The van der Waals surface area contributed by atoms with E-state index in [0.717, 1.165) is 33.8 Å². The third kappa shape index (κ3) is 7.91. The zero-order chi connectivity index (χ0) is 34.5. The summed E-state index contributed by atoms with van der Waals surface area (Å²) in [6.45, 7) is 0. The van der Waals surface area contributed by atoms with Gasteiger partial charge in [0.25, 0.3) is 11.8 Å². The van der Waals surface area contributed by atoms with Crippen molar-refractivity contribution in [3.8, 4) is 0 Å². The predicted octanol–water partition coefficient (Wildman–Crippen LogP) is 7.94. The summed E-state index contributed by atoms with van der Waals surface area (Å²) in [5.41, 5.74) is 1.03. The van der Waals surface area contributed by atoms with E-state index in [1.807, 2.05) is 24.3 Å². The number of carboxylic acid groups (broad SMARTS) is 2. The van der Waals surface area contributed by atoms with E-state index in [1.54, 1.807) is 18.2 Å². The fourth-order valence-electron chi connectivity index (χ4n) is 4.45. The van der Waals surface area contributed by atoms with Crippen molar-refractivity contribution in [2.24, 2.45) is 0 Å². The van der Waals surface area contributed by atoms with Crippen LogP contribution in [0.2, 0.25) is 10.0 Å². The summed E-state index contributed by atoms with van der Waals surface area (Å²) >= 11 is 14.3. The standard InChI is InChI=1S/C16H9ClF2N2O3S.C16H11ClN2O3S/c17-8-4-7(5-13(22)23)10(19)6-11(8)20-16(24)15-14-9(18)2-1-3-12(14)25-21-15;17-11-7-9(8-14(20)21)5-6-12(11)18-16(22)15-10-3-1-2-4-13(10)23-19-15/h1-4,6H,5H2,(H,20,24)(H,22,23);1-7H,8H2,(H,18,22)(H,20,21). The minimum Gasteiger partial charge on any atom is -0.481 e. The normalized spacial score (nSPS) is 10.8. The first-order chi connectivity index (χ1) is 22.9. The molecule has 0 aliphatic carbocycles. The molecule has 2 heterocycles. The Morgan fingerprint density at radius 3 is 2.04 bits per heavy atom. The average molecular weight is 730 g/mol. The maximum atomic E-state index is 14.0. The van der Waals surface area contributed by atoms with Crippen molar-refractivity contribution in [2.45, 2.75) is 12.8 Å². The molecule has 0 bridgehead atoms. The summed E-state index contributed by atoms with van der Waals surface area (Å²) in [5, 5.41) is 23.7. The second kappa shape index (κ2) is 14.8. The molecule has 0 aliphatic heterocycles. The smallest absolute Gasteiger partial charge is 0.307 e. The van der Waals surface area contributed by atoms with Crippen LogP contribution in [0.3, 0.4) is 0 Å². The SMILES string of the molecule is O=C(O)Cc1cc(Cl)c(NC(=O)c2nsc3cccc(F)c23)cc1F.O=C(O)Cc1ccc(NC(=O)c2nsc3ccccc23)c(Cl)c1. The first-order valence-corrected chi connectivity index (χ1v) is 15.9. The van der Waals surface area contributed by atoms with Gasteiger partial charge >= 0.3 is 11.9 Å². The van der Waals surface area contributed by atoms with Gasteiger partial charge in [0.1, 0.15) is 17.3 Å². The number of nitrogens with one attached hydrogen (secondary N) is 2. The molecule has 244 valence electrons. The molecule has 4 N–H and O–H groups in total. The molecule has 0 unspecified atom stereocenters. The number of benzene rings is 4. The number of hydrogen-bond acceptors (Lipinski definition) is 8. The minimum atomic E-state index is -1.21. The van der Waals surface area contributed by atoms with E-state index in [-0.39, 0.29) is 44.7 Å². The third-order valence-electron chi connectivity index (χ3n) is 6.62. The number of carbonyl (C=O) groups is 4. The van der Waals surface area contributed by atoms with E-state index in [1.165, 1.54) is 29.7 Å². The van der Waals surface area contributed by atoms with E-state index < -0.39 is 35.9 Å². The molecule has 0 saturated heterocycles.